The van der Waals surface area contributed by atoms with Crippen molar-refractivity contribution in [3.05, 3.63) is 12.2 Å². The van der Waals surface area contributed by atoms with Crippen LogP contribution in [0.4, 0.5) is 0 Å². The molecule has 0 radical (unpaired) electrons. The molecule has 2 atom stereocenters. The van der Waals surface area contributed by atoms with Gasteiger partial charge in [-0.1, -0.05) is 25.0 Å². The predicted molar refractivity (Wildman–Crippen MR) is 60.5 cm³/mol. The molecule has 82 valence electrons. The van der Waals surface area contributed by atoms with Crippen LogP contribution in [0.2, 0.25) is 0 Å². The minimum absolute atomic E-state index is 0.439. The number of hydrogen-bond donors (Lipinski definition) is 1. The first-order chi connectivity index (χ1) is 6.88. The van der Waals surface area contributed by atoms with E-state index in [1.807, 2.05) is 7.11 Å². The Morgan fingerprint density at radius 1 is 1.36 bits per heavy atom. The molecule has 2 nitrogen and oxygen atoms in total. The maximum atomic E-state index is 5.48. The van der Waals surface area contributed by atoms with E-state index in [4.69, 9.17) is 4.74 Å². The molecule has 14 heavy (non-hydrogen) atoms. The fourth-order valence-electron chi connectivity index (χ4n) is 2.13. The van der Waals surface area contributed by atoms with Crippen LogP contribution in [0.5, 0.6) is 0 Å². The second kappa shape index (κ2) is 7.02. The summed E-state index contributed by atoms with van der Waals surface area (Å²) in [5.74, 6) is 0. The zero-order valence-corrected chi connectivity index (χ0v) is 9.46. The van der Waals surface area contributed by atoms with Crippen LogP contribution in [-0.2, 0) is 4.74 Å². The van der Waals surface area contributed by atoms with Crippen molar-refractivity contribution in [1.82, 2.24) is 5.32 Å². The normalized spacial score (nSPS) is 28.4. The van der Waals surface area contributed by atoms with Crippen LogP contribution < -0.4 is 5.32 Å². The minimum Gasteiger partial charge on any atom is -0.380 e. The van der Waals surface area contributed by atoms with E-state index in [-0.39, 0.29) is 0 Å². The highest BCUT2D eigenvalue weighted by molar-refractivity contribution is 4.83. The van der Waals surface area contributed by atoms with Gasteiger partial charge < -0.3 is 10.1 Å². The Labute approximate surface area is 87.7 Å². The number of nitrogens with one attached hydrogen (secondary N) is 1. The van der Waals surface area contributed by atoms with Gasteiger partial charge in [0.05, 0.1) is 6.10 Å². The van der Waals surface area contributed by atoms with E-state index in [0.717, 1.165) is 13.0 Å². The topological polar surface area (TPSA) is 21.3 Å². The van der Waals surface area contributed by atoms with E-state index in [0.29, 0.717) is 12.1 Å². The molecule has 0 aromatic carbocycles. The van der Waals surface area contributed by atoms with Gasteiger partial charge in [0, 0.05) is 13.2 Å². The summed E-state index contributed by atoms with van der Waals surface area (Å²) in [6.45, 7) is 3.15. The lowest BCUT2D eigenvalue weighted by atomic mass is 9.92. The van der Waals surface area contributed by atoms with Crippen LogP contribution in [0.1, 0.15) is 39.0 Å². The van der Waals surface area contributed by atoms with Crippen molar-refractivity contribution < 1.29 is 4.74 Å². The van der Waals surface area contributed by atoms with Crippen LogP contribution in [0.3, 0.4) is 0 Å². The zero-order chi connectivity index (χ0) is 10.2. The number of rotatable bonds is 5. The fourth-order valence-corrected chi connectivity index (χ4v) is 2.13. The monoisotopic (exact) mass is 197 g/mol. The predicted octanol–water partition coefficient (Wildman–Crippen LogP) is 2.50. The molecular weight excluding hydrogens is 174 g/mol. The van der Waals surface area contributed by atoms with E-state index in [1.54, 1.807) is 0 Å². The quantitative estimate of drug-likeness (QED) is 0.540. The Bertz CT molecular complexity index is 168. The third-order valence-corrected chi connectivity index (χ3v) is 2.96. The molecule has 1 saturated carbocycles. The largest absolute Gasteiger partial charge is 0.380 e. The molecule has 0 aromatic heterocycles. The first-order valence-electron chi connectivity index (χ1n) is 5.75. The van der Waals surface area contributed by atoms with Crippen molar-refractivity contribution >= 4 is 0 Å². The molecule has 1 N–H and O–H groups in total. The highest BCUT2D eigenvalue weighted by Crippen LogP contribution is 2.20. The van der Waals surface area contributed by atoms with Gasteiger partial charge in [0.2, 0.25) is 0 Å². The van der Waals surface area contributed by atoms with Gasteiger partial charge in [0.25, 0.3) is 0 Å². The standard InChI is InChI=1S/C12H23NO/c1-3-4-7-10-13-11-8-5-6-9-12(11)14-2/h3-4,11-13H,5-10H2,1-2H3/b4-3+. The highest BCUT2D eigenvalue weighted by atomic mass is 16.5. The Hall–Kier alpha value is -0.340. The van der Waals surface area contributed by atoms with Gasteiger partial charge in [-0.15, -0.1) is 0 Å². The van der Waals surface area contributed by atoms with E-state index >= 15 is 0 Å². The summed E-state index contributed by atoms with van der Waals surface area (Å²) < 4.78 is 5.48. The van der Waals surface area contributed by atoms with Gasteiger partial charge >= 0.3 is 0 Å². The zero-order valence-electron chi connectivity index (χ0n) is 9.46. The lowest BCUT2D eigenvalue weighted by Crippen LogP contribution is -2.43. The molecule has 0 amide bonds. The number of ether oxygens (including phenoxy) is 1. The molecule has 1 fully saturated rings. The van der Waals surface area contributed by atoms with E-state index in [1.165, 1.54) is 25.7 Å². The molecule has 1 aliphatic rings. The number of hydrogen-bond acceptors (Lipinski definition) is 2. The Balaban J connectivity index is 2.19. The second-order valence-electron chi connectivity index (χ2n) is 3.98. The summed E-state index contributed by atoms with van der Waals surface area (Å²) in [4.78, 5) is 0. The van der Waals surface area contributed by atoms with Crippen molar-refractivity contribution in [3.63, 3.8) is 0 Å². The van der Waals surface area contributed by atoms with Crippen LogP contribution in [-0.4, -0.2) is 25.8 Å². The summed E-state index contributed by atoms with van der Waals surface area (Å²) in [5.41, 5.74) is 0. The molecule has 1 rings (SSSR count). The molecule has 1 aliphatic carbocycles. The average Bonchev–Trinajstić information content (AvgIpc) is 2.25. The van der Waals surface area contributed by atoms with Crippen LogP contribution in [0.25, 0.3) is 0 Å². The van der Waals surface area contributed by atoms with Crippen molar-refractivity contribution in [3.8, 4) is 0 Å². The van der Waals surface area contributed by atoms with Gasteiger partial charge in [0.15, 0.2) is 0 Å². The van der Waals surface area contributed by atoms with Crippen molar-refractivity contribution in [2.45, 2.75) is 51.2 Å². The maximum Gasteiger partial charge on any atom is 0.0724 e. The minimum atomic E-state index is 0.439. The lowest BCUT2D eigenvalue weighted by Gasteiger charge is -2.31. The maximum absolute atomic E-state index is 5.48. The summed E-state index contributed by atoms with van der Waals surface area (Å²) in [5, 5.41) is 3.58. The first kappa shape index (κ1) is 11.7. The van der Waals surface area contributed by atoms with E-state index < -0.39 is 0 Å². The first-order valence-corrected chi connectivity index (χ1v) is 5.75. The SMILES string of the molecule is C/C=C/CCNC1CCCCC1OC. The highest BCUT2D eigenvalue weighted by Gasteiger charge is 2.23. The summed E-state index contributed by atoms with van der Waals surface area (Å²) in [6, 6.07) is 0.582. The van der Waals surface area contributed by atoms with E-state index in [2.05, 4.69) is 24.4 Å². The van der Waals surface area contributed by atoms with Crippen molar-refractivity contribution in [2.75, 3.05) is 13.7 Å². The van der Waals surface area contributed by atoms with Crippen LogP contribution in [0.15, 0.2) is 12.2 Å². The fraction of sp³-hybridized carbons (Fsp3) is 0.833. The molecule has 2 heteroatoms. The summed E-state index contributed by atoms with van der Waals surface area (Å²) in [6.07, 6.45) is 11.0. The summed E-state index contributed by atoms with van der Waals surface area (Å²) in [7, 11) is 1.83. The molecule has 0 heterocycles. The lowest BCUT2D eigenvalue weighted by molar-refractivity contribution is 0.0422. The molecule has 0 aromatic rings. The van der Waals surface area contributed by atoms with Crippen LogP contribution >= 0.6 is 0 Å². The number of methoxy groups -OCH3 is 1. The molecule has 0 spiro atoms. The smallest absolute Gasteiger partial charge is 0.0724 e. The molecule has 0 saturated heterocycles. The van der Waals surface area contributed by atoms with Gasteiger partial charge in [0.1, 0.15) is 0 Å². The Morgan fingerprint density at radius 2 is 2.14 bits per heavy atom. The molecule has 2 unspecified atom stereocenters. The third kappa shape index (κ3) is 3.81. The van der Waals surface area contributed by atoms with Gasteiger partial charge in [-0.2, -0.15) is 0 Å². The second-order valence-corrected chi connectivity index (χ2v) is 3.98. The Morgan fingerprint density at radius 3 is 2.86 bits per heavy atom. The van der Waals surface area contributed by atoms with Crippen molar-refractivity contribution in [1.29, 1.82) is 0 Å². The number of allylic oxidation sites excluding steroid dienone is 1. The average molecular weight is 197 g/mol. The van der Waals surface area contributed by atoms with Gasteiger partial charge in [-0.05, 0) is 32.7 Å². The molecule has 0 aliphatic heterocycles. The van der Waals surface area contributed by atoms with Gasteiger partial charge in [-0.3, -0.25) is 0 Å². The Kier molecular flexibility index (Phi) is 5.88. The van der Waals surface area contributed by atoms with E-state index in [9.17, 15) is 0 Å². The molecular formula is C12H23NO. The summed E-state index contributed by atoms with van der Waals surface area (Å²) >= 11 is 0. The van der Waals surface area contributed by atoms with Gasteiger partial charge in [-0.25, -0.2) is 0 Å². The molecule has 0 bridgehead atoms. The van der Waals surface area contributed by atoms with Crippen LogP contribution in [0, 0.1) is 0 Å². The van der Waals surface area contributed by atoms with Crippen molar-refractivity contribution in [2.24, 2.45) is 0 Å². The third-order valence-electron chi connectivity index (χ3n) is 2.96.